The highest BCUT2D eigenvalue weighted by Crippen LogP contribution is 2.58. The van der Waals surface area contributed by atoms with Crippen LogP contribution in [-0.2, 0) is 10.1 Å². The van der Waals surface area contributed by atoms with E-state index in [1.54, 1.807) is 7.11 Å². The average Bonchev–Trinajstić information content (AvgIpc) is 2.74. The van der Waals surface area contributed by atoms with Gasteiger partial charge in [0.15, 0.2) is 5.69 Å². The second-order valence-corrected chi connectivity index (χ2v) is 11.6. The largest absolute Gasteiger partial charge is 0.626 e. The maximum Gasteiger partial charge on any atom is 0.155 e. The number of methoxy groups -OCH3 is 1. The smallest absolute Gasteiger partial charge is 0.155 e. The van der Waals surface area contributed by atoms with Gasteiger partial charge in [0.05, 0.1) is 7.11 Å². The second-order valence-electron chi connectivity index (χ2n) is 9.20. The van der Waals surface area contributed by atoms with Crippen LogP contribution in [0.3, 0.4) is 0 Å². The lowest BCUT2D eigenvalue weighted by atomic mass is 9.67. The third kappa shape index (κ3) is 3.60. The standard InChI is InChI=1S/C27H33NO2S/c1-7-11-23-25-18(4)15-20(14-17(2)3)24-19(5)16-22(30-6)27(26(24)25)28-31(23,29)21-12-9-8-10-13-21/h7-10,12-14,16,18,20,23,25H,1,11,15H2,2-6H3/t18-,20+,23-,25-,31?/m0/s1. The fourth-order valence-corrected chi connectivity index (χ4v) is 8.43. The molecular formula is C27H33NO2S. The molecule has 1 aliphatic heterocycles. The first-order valence-electron chi connectivity index (χ1n) is 11.1. The average molecular weight is 436 g/mol. The number of benzene rings is 2. The van der Waals surface area contributed by atoms with Crippen molar-refractivity contribution >= 4 is 15.8 Å². The van der Waals surface area contributed by atoms with Crippen molar-refractivity contribution in [3.63, 3.8) is 0 Å². The minimum absolute atomic E-state index is 0.104. The third-order valence-electron chi connectivity index (χ3n) is 6.77. The van der Waals surface area contributed by atoms with Crippen molar-refractivity contribution in [2.45, 2.75) is 62.5 Å². The second kappa shape index (κ2) is 8.40. The van der Waals surface area contributed by atoms with E-state index in [-0.39, 0.29) is 11.2 Å². The highest BCUT2D eigenvalue weighted by Gasteiger charge is 2.49. The van der Waals surface area contributed by atoms with E-state index < -0.39 is 10.1 Å². The first kappa shape index (κ1) is 22.0. The van der Waals surface area contributed by atoms with Crippen molar-refractivity contribution in [1.82, 2.24) is 0 Å². The monoisotopic (exact) mass is 435 g/mol. The van der Waals surface area contributed by atoms with Crippen LogP contribution in [0.4, 0.5) is 5.69 Å². The summed E-state index contributed by atoms with van der Waals surface area (Å²) in [6, 6.07) is 11.8. The molecule has 164 valence electrons. The van der Waals surface area contributed by atoms with E-state index in [4.69, 9.17) is 9.10 Å². The van der Waals surface area contributed by atoms with Gasteiger partial charge < -0.3 is 9.29 Å². The first-order chi connectivity index (χ1) is 14.8. The maximum absolute atomic E-state index is 14.7. The molecule has 0 fully saturated rings. The highest BCUT2D eigenvalue weighted by atomic mass is 32.3. The van der Waals surface area contributed by atoms with Crippen LogP contribution in [0.5, 0.6) is 5.75 Å². The predicted octanol–water partition coefficient (Wildman–Crippen LogP) is 7.29. The molecule has 0 amide bonds. The molecule has 0 aromatic heterocycles. The molecule has 0 spiro atoms. The van der Waals surface area contributed by atoms with Crippen LogP contribution >= 0.6 is 0 Å². The summed E-state index contributed by atoms with van der Waals surface area (Å²) in [5, 5.41) is -0.104. The van der Waals surface area contributed by atoms with Gasteiger partial charge >= 0.3 is 0 Å². The summed E-state index contributed by atoms with van der Waals surface area (Å²) in [6.07, 6.45) is 6.02. The van der Waals surface area contributed by atoms with Gasteiger partial charge in [-0.25, -0.2) is 0 Å². The summed E-state index contributed by atoms with van der Waals surface area (Å²) in [6.45, 7) is 12.8. The van der Waals surface area contributed by atoms with Crippen LogP contribution < -0.4 is 4.74 Å². The van der Waals surface area contributed by atoms with Crippen LogP contribution in [-0.4, -0.2) is 16.9 Å². The highest BCUT2D eigenvalue weighted by molar-refractivity contribution is 8.00. The Morgan fingerprint density at radius 2 is 1.97 bits per heavy atom. The molecule has 0 saturated carbocycles. The molecule has 31 heavy (non-hydrogen) atoms. The topological polar surface area (TPSA) is 44.6 Å². The molecule has 2 aliphatic rings. The molecule has 0 saturated heterocycles. The van der Waals surface area contributed by atoms with Gasteiger partial charge in [-0.1, -0.05) is 47.2 Å². The van der Waals surface area contributed by atoms with Crippen molar-refractivity contribution in [3.05, 3.63) is 77.4 Å². The van der Waals surface area contributed by atoms with Crippen molar-refractivity contribution in [2.24, 2.45) is 10.3 Å². The summed E-state index contributed by atoms with van der Waals surface area (Å²) >= 11 is 0. The lowest BCUT2D eigenvalue weighted by Crippen LogP contribution is -2.41. The molecule has 1 aliphatic carbocycles. The SMILES string of the molecule is C=CC[C@H]1[C@H]2c3c(c(OC)cc(C)c3[C@H](C=C(C)C)C[C@@H]2C)N=[S+]1([O-])c1ccccc1. The van der Waals surface area contributed by atoms with Crippen LogP contribution in [0.1, 0.15) is 62.1 Å². The Balaban J connectivity index is 2.10. The number of hydrogen-bond donors (Lipinski definition) is 0. The fraction of sp³-hybridized carbons (Fsp3) is 0.407. The zero-order valence-electron chi connectivity index (χ0n) is 19.2. The summed E-state index contributed by atoms with van der Waals surface area (Å²) in [7, 11) is -1.01. The zero-order chi connectivity index (χ0) is 22.3. The Kier molecular flexibility index (Phi) is 5.97. The number of allylic oxidation sites excluding steroid dienone is 3. The minimum atomic E-state index is -2.69. The fourth-order valence-electron chi connectivity index (χ4n) is 5.64. The predicted molar refractivity (Wildman–Crippen MR) is 130 cm³/mol. The Morgan fingerprint density at radius 1 is 1.26 bits per heavy atom. The van der Waals surface area contributed by atoms with Crippen LogP contribution in [0.15, 0.2) is 70.0 Å². The van der Waals surface area contributed by atoms with Gasteiger partial charge in [0, 0.05) is 18.3 Å². The quantitative estimate of drug-likeness (QED) is 0.365. The van der Waals surface area contributed by atoms with E-state index >= 15 is 0 Å². The number of aryl methyl sites for hydroxylation is 1. The summed E-state index contributed by atoms with van der Waals surface area (Å²) in [5.74, 6) is 1.61. The molecule has 4 heteroatoms. The molecular weight excluding hydrogens is 402 g/mol. The van der Waals surface area contributed by atoms with E-state index in [2.05, 4.69) is 46.4 Å². The molecule has 2 aromatic carbocycles. The van der Waals surface area contributed by atoms with E-state index in [9.17, 15) is 4.55 Å². The van der Waals surface area contributed by atoms with Gasteiger partial charge in [0.1, 0.15) is 15.9 Å². The number of hydrogen-bond acceptors (Lipinski definition) is 3. The van der Waals surface area contributed by atoms with E-state index in [1.807, 2.05) is 36.4 Å². The third-order valence-corrected chi connectivity index (χ3v) is 9.47. The van der Waals surface area contributed by atoms with Gasteiger partial charge in [0.25, 0.3) is 0 Å². The Hall–Kier alpha value is -2.17. The molecule has 4 rings (SSSR count). The molecule has 0 bridgehead atoms. The lowest BCUT2D eigenvalue weighted by molar-refractivity contribution is 0.356. The molecule has 0 radical (unpaired) electrons. The molecule has 0 N–H and O–H groups in total. The summed E-state index contributed by atoms with van der Waals surface area (Å²) in [4.78, 5) is 0.801. The first-order valence-corrected chi connectivity index (χ1v) is 12.7. The van der Waals surface area contributed by atoms with Crippen LogP contribution in [0, 0.1) is 12.8 Å². The van der Waals surface area contributed by atoms with Crippen molar-refractivity contribution < 1.29 is 9.29 Å². The van der Waals surface area contributed by atoms with E-state index in [0.29, 0.717) is 18.3 Å². The van der Waals surface area contributed by atoms with Crippen molar-refractivity contribution in [3.8, 4) is 5.75 Å². The molecule has 3 nitrogen and oxygen atoms in total. The van der Waals surface area contributed by atoms with Gasteiger partial charge in [-0.2, -0.15) is 0 Å². The molecule has 1 heterocycles. The lowest BCUT2D eigenvalue weighted by Gasteiger charge is -2.46. The molecule has 2 aromatic rings. The van der Waals surface area contributed by atoms with Gasteiger partial charge in [-0.15, -0.1) is 6.58 Å². The van der Waals surface area contributed by atoms with Crippen molar-refractivity contribution in [2.75, 3.05) is 7.11 Å². The molecule has 1 unspecified atom stereocenters. The van der Waals surface area contributed by atoms with Gasteiger partial charge in [0.2, 0.25) is 0 Å². The Labute approximate surface area is 188 Å². The van der Waals surface area contributed by atoms with Crippen LogP contribution in [0.25, 0.3) is 0 Å². The summed E-state index contributed by atoms with van der Waals surface area (Å²) < 4.78 is 25.5. The van der Waals surface area contributed by atoms with Crippen molar-refractivity contribution in [1.29, 1.82) is 0 Å². The van der Waals surface area contributed by atoms with E-state index in [0.717, 1.165) is 22.8 Å². The number of nitrogens with zero attached hydrogens (tertiary/aromatic N) is 1. The van der Waals surface area contributed by atoms with Crippen LogP contribution in [0.2, 0.25) is 0 Å². The zero-order valence-corrected chi connectivity index (χ0v) is 20.0. The van der Waals surface area contributed by atoms with E-state index in [1.165, 1.54) is 22.3 Å². The normalized spacial score (nSPS) is 28.8. The Morgan fingerprint density at radius 3 is 2.58 bits per heavy atom. The minimum Gasteiger partial charge on any atom is -0.626 e. The Bertz CT molecular complexity index is 1080. The number of ether oxygens (including phenoxy) is 1. The number of rotatable bonds is 5. The molecule has 5 atom stereocenters. The maximum atomic E-state index is 14.7. The van der Waals surface area contributed by atoms with Gasteiger partial charge in [-0.05, 0) is 78.1 Å². The van der Waals surface area contributed by atoms with Gasteiger partial charge in [-0.3, -0.25) is 0 Å². The summed E-state index contributed by atoms with van der Waals surface area (Å²) in [5.41, 5.74) is 5.95.